The van der Waals surface area contributed by atoms with E-state index >= 15 is 0 Å². The summed E-state index contributed by atoms with van der Waals surface area (Å²) in [6.07, 6.45) is 1.79. The standard InChI is InChI=1S/C32H30N4O5S/c1-32(2,3)21-11-9-20(10-12-21)29(37)33-22-8-6-7-19(13-22)18-40-26-14-23(38-4)15-27-24(26)16-28(41-27)25-17-36-30(34-25)42-31(35-36)39-5/h6-17H,18H2,1-5H3,(H,33,37). The van der Waals surface area contributed by atoms with Gasteiger partial charge in [0.1, 0.15) is 29.4 Å². The van der Waals surface area contributed by atoms with Gasteiger partial charge in [-0.1, -0.05) is 45.0 Å². The molecule has 0 atom stereocenters. The van der Waals surface area contributed by atoms with Crippen LogP contribution >= 0.6 is 11.3 Å². The van der Waals surface area contributed by atoms with Crippen molar-refractivity contribution in [3.05, 3.63) is 89.6 Å². The fourth-order valence-corrected chi connectivity index (χ4v) is 5.25. The second kappa shape index (κ2) is 10.9. The number of aromatic nitrogens is 3. The Morgan fingerprint density at radius 3 is 2.55 bits per heavy atom. The highest BCUT2D eigenvalue weighted by molar-refractivity contribution is 7.18. The Bertz CT molecular complexity index is 1860. The number of benzene rings is 3. The third-order valence-electron chi connectivity index (χ3n) is 6.85. The number of methoxy groups -OCH3 is 2. The molecule has 214 valence electrons. The molecule has 3 aromatic heterocycles. The van der Waals surface area contributed by atoms with Crippen LogP contribution in [0.15, 0.2) is 77.3 Å². The van der Waals surface area contributed by atoms with Gasteiger partial charge < -0.3 is 23.9 Å². The Morgan fingerprint density at radius 1 is 1.02 bits per heavy atom. The van der Waals surface area contributed by atoms with Crippen molar-refractivity contribution >= 4 is 38.9 Å². The van der Waals surface area contributed by atoms with Crippen molar-refractivity contribution in [2.75, 3.05) is 19.5 Å². The average Bonchev–Trinajstić information content (AvgIpc) is 3.69. The van der Waals surface area contributed by atoms with Crippen LogP contribution in [0, 0.1) is 0 Å². The van der Waals surface area contributed by atoms with E-state index in [4.69, 9.17) is 18.6 Å². The molecular weight excluding hydrogens is 552 g/mol. The highest BCUT2D eigenvalue weighted by atomic mass is 32.1. The van der Waals surface area contributed by atoms with Crippen molar-refractivity contribution in [1.29, 1.82) is 0 Å². The lowest BCUT2D eigenvalue weighted by Crippen LogP contribution is -2.14. The van der Waals surface area contributed by atoms with Gasteiger partial charge in [0.15, 0.2) is 5.76 Å². The lowest BCUT2D eigenvalue weighted by atomic mass is 9.87. The van der Waals surface area contributed by atoms with Crippen molar-refractivity contribution in [3.63, 3.8) is 0 Å². The zero-order valence-corrected chi connectivity index (χ0v) is 24.7. The van der Waals surface area contributed by atoms with Crippen molar-refractivity contribution in [2.45, 2.75) is 32.8 Å². The van der Waals surface area contributed by atoms with Gasteiger partial charge >= 0.3 is 0 Å². The topological polar surface area (TPSA) is 100 Å². The minimum Gasteiger partial charge on any atom is -0.496 e. The van der Waals surface area contributed by atoms with Gasteiger partial charge in [0.05, 0.1) is 25.8 Å². The second-order valence-electron chi connectivity index (χ2n) is 10.8. The molecular formula is C32H30N4O5S. The molecule has 6 rings (SSSR count). The summed E-state index contributed by atoms with van der Waals surface area (Å²) in [5.41, 5.74) is 4.65. The third kappa shape index (κ3) is 5.53. The van der Waals surface area contributed by atoms with Crippen LogP contribution in [0.1, 0.15) is 42.3 Å². The van der Waals surface area contributed by atoms with E-state index in [1.165, 1.54) is 16.9 Å². The van der Waals surface area contributed by atoms with Gasteiger partial charge in [0, 0.05) is 23.4 Å². The van der Waals surface area contributed by atoms with E-state index < -0.39 is 0 Å². The highest BCUT2D eigenvalue weighted by Gasteiger charge is 2.18. The molecule has 42 heavy (non-hydrogen) atoms. The summed E-state index contributed by atoms with van der Waals surface area (Å²) in [4.78, 5) is 18.2. The fraction of sp³-hybridized carbons (Fsp3) is 0.219. The van der Waals surface area contributed by atoms with Crippen molar-refractivity contribution < 1.29 is 23.4 Å². The molecule has 0 radical (unpaired) electrons. The number of furan rings is 1. The van der Waals surface area contributed by atoms with Crippen molar-refractivity contribution in [1.82, 2.24) is 14.6 Å². The number of ether oxygens (including phenoxy) is 3. The Morgan fingerprint density at radius 2 is 1.83 bits per heavy atom. The normalized spacial score (nSPS) is 11.6. The molecule has 10 heteroatoms. The number of imidazole rings is 1. The average molecular weight is 583 g/mol. The number of carbonyl (C=O) groups excluding carboxylic acids is 1. The number of fused-ring (bicyclic) bond motifs is 2. The van der Waals surface area contributed by atoms with Gasteiger partial charge in [-0.3, -0.25) is 4.79 Å². The summed E-state index contributed by atoms with van der Waals surface area (Å²) in [5, 5.41) is 8.64. The summed E-state index contributed by atoms with van der Waals surface area (Å²) in [5.74, 6) is 1.63. The van der Waals surface area contributed by atoms with Gasteiger partial charge in [-0.15, -0.1) is 5.10 Å². The van der Waals surface area contributed by atoms with E-state index in [0.717, 1.165) is 10.9 Å². The second-order valence-corrected chi connectivity index (χ2v) is 11.8. The molecule has 1 N–H and O–H groups in total. The van der Waals surface area contributed by atoms with Crippen LogP contribution in [0.5, 0.6) is 16.7 Å². The number of nitrogens with zero attached hydrogens (tertiary/aromatic N) is 3. The minimum atomic E-state index is -0.165. The monoisotopic (exact) mass is 582 g/mol. The van der Waals surface area contributed by atoms with Gasteiger partial charge in [0.2, 0.25) is 4.96 Å². The predicted molar refractivity (Wildman–Crippen MR) is 163 cm³/mol. The van der Waals surface area contributed by atoms with Gasteiger partial charge in [-0.05, 0) is 58.2 Å². The maximum absolute atomic E-state index is 12.9. The first-order chi connectivity index (χ1) is 20.2. The van der Waals surface area contributed by atoms with Crippen molar-refractivity contribution in [3.8, 4) is 28.1 Å². The SMILES string of the molecule is COc1cc(OCc2cccc(NC(=O)c3ccc(C(C)(C)C)cc3)c2)c2cc(-c3cn4nc(OC)sc4n3)oc2c1. The van der Waals surface area contributed by atoms with Crippen LogP contribution in [-0.4, -0.2) is 34.7 Å². The summed E-state index contributed by atoms with van der Waals surface area (Å²) < 4.78 is 24.7. The Balaban J connectivity index is 1.20. The number of amides is 1. The zero-order valence-electron chi connectivity index (χ0n) is 23.9. The minimum absolute atomic E-state index is 0.0258. The third-order valence-corrected chi connectivity index (χ3v) is 7.74. The van der Waals surface area contributed by atoms with Crippen LogP contribution < -0.4 is 19.5 Å². The molecule has 9 nitrogen and oxygen atoms in total. The first kappa shape index (κ1) is 27.3. The van der Waals surface area contributed by atoms with E-state index in [1.54, 1.807) is 24.9 Å². The molecule has 3 heterocycles. The number of rotatable bonds is 8. The van der Waals surface area contributed by atoms with E-state index in [0.29, 0.717) is 49.9 Å². The highest BCUT2D eigenvalue weighted by Crippen LogP contribution is 2.37. The van der Waals surface area contributed by atoms with Crippen LogP contribution in [0.2, 0.25) is 0 Å². The predicted octanol–water partition coefficient (Wildman–Crippen LogP) is 7.35. The molecule has 0 fully saturated rings. The molecule has 0 unspecified atom stereocenters. The molecule has 6 aromatic rings. The zero-order chi connectivity index (χ0) is 29.4. The maximum atomic E-state index is 12.9. The molecule has 0 bridgehead atoms. The van der Waals surface area contributed by atoms with E-state index in [2.05, 4.69) is 36.2 Å². The smallest absolute Gasteiger partial charge is 0.294 e. The lowest BCUT2D eigenvalue weighted by molar-refractivity contribution is 0.102. The quantitative estimate of drug-likeness (QED) is 0.200. The first-order valence-electron chi connectivity index (χ1n) is 13.4. The summed E-state index contributed by atoms with van der Waals surface area (Å²) in [6, 6.07) is 20.9. The van der Waals surface area contributed by atoms with E-state index in [9.17, 15) is 4.79 Å². The fourth-order valence-electron chi connectivity index (χ4n) is 4.55. The lowest BCUT2D eigenvalue weighted by Gasteiger charge is -2.19. The summed E-state index contributed by atoms with van der Waals surface area (Å²) >= 11 is 1.35. The van der Waals surface area contributed by atoms with Crippen LogP contribution in [0.3, 0.4) is 0 Å². The number of carbonyl (C=O) groups is 1. The van der Waals surface area contributed by atoms with Gasteiger partial charge in [-0.25, -0.2) is 9.50 Å². The van der Waals surface area contributed by atoms with Gasteiger partial charge in [0.25, 0.3) is 11.1 Å². The molecule has 0 saturated heterocycles. The molecule has 0 spiro atoms. The largest absolute Gasteiger partial charge is 0.496 e. The van der Waals surface area contributed by atoms with E-state index in [1.807, 2.05) is 66.7 Å². The first-order valence-corrected chi connectivity index (χ1v) is 14.2. The molecule has 0 aliphatic heterocycles. The number of anilines is 1. The van der Waals surface area contributed by atoms with Crippen LogP contribution in [-0.2, 0) is 12.0 Å². The molecule has 0 aliphatic carbocycles. The number of nitrogens with one attached hydrogen (secondary N) is 1. The Kier molecular flexibility index (Phi) is 7.07. The van der Waals surface area contributed by atoms with Gasteiger partial charge in [-0.2, -0.15) is 0 Å². The maximum Gasteiger partial charge on any atom is 0.294 e. The molecule has 0 aliphatic rings. The summed E-state index contributed by atoms with van der Waals surface area (Å²) in [6.45, 7) is 6.72. The number of hydrogen-bond donors (Lipinski definition) is 1. The molecule has 0 saturated carbocycles. The Labute approximate surface area is 246 Å². The molecule has 3 aromatic carbocycles. The van der Waals surface area contributed by atoms with Crippen LogP contribution in [0.25, 0.3) is 27.4 Å². The number of hydrogen-bond acceptors (Lipinski definition) is 8. The Hall–Kier alpha value is -4.83. The van der Waals surface area contributed by atoms with E-state index in [-0.39, 0.29) is 17.9 Å². The van der Waals surface area contributed by atoms with Crippen molar-refractivity contribution in [2.24, 2.45) is 0 Å². The molecule has 1 amide bonds. The summed E-state index contributed by atoms with van der Waals surface area (Å²) in [7, 11) is 3.17. The van der Waals surface area contributed by atoms with Crippen LogP contribution in [0.4, 0.5) is 5.69 Å².